The Bertz CT molecular complexity index is 1130. The fraction of sp³-hybridized carbons (Fsp3) is 0.385. The molecule has 1 fully saturated rings. The highest BCUT2D eigenvalue weighted by Crippen LogP contribution is 2.31. The summed E-state index contributed by atoms with van der Waals surface area (Å²) in [7, 11) is 0. The van der Waals surface area contributed by atoms with Crippen LogP contribution in [-0.2, 0) is 15.1 Å². The van der Waals surface area contributed by atoms with Crippen LogP contribution in [0.2, 0.25) is 0 Å². The lowest BCUT2D eigenvalue weighted by molar-refractivity contribution is -0.131. The molecule has 2 aliphatic rings. The molecule has 0 spiro atoms. The third kappa shape index (κ3) is 5.23. The van der Waals surface area contributed by atoms with Crippen LogP contribution in [0.1, 0.15) is 42.1 Å². The first-order valence-electron chi connectivity index (χ1n) is 12.1. The first-order chi connectivity index (χ1) is 17.3. The van der Waals surface area contributed by atoms with Gasteiger partial charge >= 0.3 is 0 Å². The number of carbonyl (C=O) groups excluding carboxylic acids is 3. The van der Waals surface area contributed by atoms with Crippen molar-refractivity contribution in [3.05, 3.63) is 65.5 Å². The minimum absolute atomic E-state index is 0.166. The van der Waals surface area contributed by atoms with Gasteiger partial charge in [0.05, 0.1) is 6.34 Å². The van der Waals surface area contributed by atoms with Gasteiger partial charge in [-0.05, 0) is 74.8 Å². The molecule has 2 aromatic carbocycles. The van der Waals surface area contributed by atoms with Crippen LogP contribution < -0.4 is 21.7 Å². The molecular weight excluding hydrogens is 463 g/mol. The molecule has 4 rings (SSSR count). The Labute approximate surface area is 209 Å². The van der Waals surface area contributed by atoms with E-state index in [0.29, 0.717) is 23.4 Å². The number of anilines is 1. The Hall–Kier alpha value is -3.79. The van der Waals surface area contributed by atoms with E-state index in [0.717, 1.165) is 25.9 Å². The maximum Gasteiger partial charge on any atom is 0.255 e. The average Bonchev–Trinajstić information content (AvgIpc) is 3.35. The molecule has 5 N–H and O–H groups in total. The molecule has 190 valence electrons. The zero-order valence-corrected chi connectivity index (χ0v) is 20.2. The molecule has 2 aliphatic heterocycles. The molecule has 0 bridgehead atoms. The smallest absolute Gasteiger partial charge is 0.255 e. The monoisotopic (exact) mass is 494 g/mol. The second kappa shape index (κ2) is 10.9. The van der Waals surface area contributed by atoms with Gasteiger partial charge in [-0.15, -0.1) is 0 Å². The molecule has 3 unspecified atom stereocenters. The number of nitrogens with two attached hydrogens (primary N) is 1. The molecular formula is C26H31FN6O3. The van der Waals surface area contributed by atoms with Crippen molar-refractivity contribution >= 4 is 29.7 Å². The SMILES string of the molecule is CC(CNC(=O)C1N=CNC1(C(N)=O)c1ccc(NC(=O)c2ccc(F)cc2)cc1)N1CCCCC1. The van der Waals surface area contributed by atoms with Crippen molar-refractivity contribution in [1.82, 2.24) is 15.5 Å². The summed E-state index contributed by atoms with van der Waals surface area (Å²) in [6.07, 6.45) is 4.86. The van der Waals surface area contributed by atoms with Gasteiger partial charge in [-0.1, -0.05) is 18.6 Å². The quantitative estimate of drug-likeness (QED) is 0.444. The van der Waals surface area contributed by atoms with Gasteiger partial charge in [-0.2, -0.15) is 0 Å². The average molecular weight is 495 g/mol. The van der Waals surface area contributed by atoms with Gasteiger partial charge in [-0.3, -0.25) is 24.3 Å². The summed E-state index contributed by atoms with van der Waals surface area (Å²) in [6.45, 7) is 4.53. The van der Waals surface area contributed by atoms with E-state index >= 15 is 0 Å². The first kappa shape index (κ1) is 25.3. The topological polar surface area (TPSA) is 129 Å². The van der Waals surface area contributed by atoms with E-state index in [2.05, 4.69) is 32.8 Å². The molecule has 1 saturated heterocycles. The maximum absolute atomic E-state index is 13.1. The second-order valence-electron chi connectivity index (χ2n) is 9.23. The van der Waals surface area contributed by atoms with Crippen molar-refractivity contribution < 1.29 is 18.8 Å². The third-order valence-corrected chi connectivity index (χ3v) is 6.85. The van der Waals surface area contributed by atoms with Crippen molar-refractivity contribution in [3.8, 4) is 0 Å². The number of primary amides is 1. The molecule has 0 saturated carbocycles. The van der Waals surface area contributed by atoms with Crippen molar-refractivity contribution in [1.29, 1.82) is 0 Å². The second-order valence-corrected chi connectivity index (χ2v) is 9.23. The Morgan fingerprint density at radius 1 is 1.11 bits per heavy atom. The lowest BCUT2D eigenvalue weighted by atomic mass is 9.82. The molecule has 3 amide bonds. The number of hydrogen-bond donors (Lipinski definition) is 4. The summed E-state index contributed by atoms with van der Waals surface area (Å²) < 4.78 is 13.1. The molecule has 2 heterocycles. The van der Waals surface area contributed by atoms with E-state index in [1.54, 1.807) is 24.3 Å². The number of carbonyl (C=O) groups is 3. The summed E-state index contributed by atoms with van der Waals surface area (Å²) in [5, 5.41) is 8.56. The number of rotatable bonds is 8. The normalized spacial score (nSPS) is 22.4. The van der Waals surface area contributed by atoms with Crippen LogP contribution in [-0.4, -0.2) is 60.7 Å². The van der Waals surface area contributed by atoms with Crippen LogP contribution in [0, 0.1) is 5.82 Å². The molecule has 36 heavy (non-hydrogen) atoms. The lowest BCUT2D eigenvalue weighted by Gasteiger charge is -2.34. The number of halogens is 1. The number of benzene rings is 2. The summed E-state index contributed by atoms with van der Waals surface area (Å²) in [4.78, 5) is 44.8. The molecule has 3 atom stereocenters. The molecule has 9 nitrogen and oxygen atoms in total. The largest absolute Gasteiger partial charge is 0.367 e. The van der Waals surface area contributed by atoms with Crippen molar-refractivity contribution in [2.45, 2.75) is 43.8 Å². The van der Waals surface area contributed by atoms with Crippen LogP contribution in [0.15, 0.2) is 53.5 Å². The van der Waals surface area contributed by atoms with Gasteiger partial charge in [0.1, 0.15) is 5.82 Å². The Kier molecular flexibility index (Phi) is 7.64. The van der Waals surface area contributed by atoms with E-state index < -0.39 is 35.1 Å². The van der Waals surface area contributed by atoms with E-state index in [1.165, 1.54) is 37.0 Å². The maximum atomic E-state index is 13.1. The highest BCUT2D eigenvalue weighted by atomic mass is 19.1. The summed E-state index contributed by atoms with van der Waals surface area (Å²) in [5.74, 6) is -1.98. The van der Waals surface area contributed by atoms with Crippen molar-refractivity contribution in [2.24, 2.45) is 10.7 Å². The van der Waals surface area contributed by atoms with Gasteiger partial charge in [0.2, 0.25) is 5.91 Å². The fourth-order valence-electron chi connectivity index (χ4n) is 4.71. The summed E-state index contributed by atoms with van der Waals surface area (Å²) in [6, 6.07) is 10.7. The Morgan fingerprint density at radius 2 is 1.78 bits per heavy atom. The van der Waals surface area contributed by atoms with Crippen molar-refractivity contribution in [3.63, 3.8) is 0 Å². The van der Waals surface area contributed by atoms with Crippen LogP contribution in [0.25, 0.3) is 0 Å². The van der Waals surface area contributed by atoms with Gasteiger partial charge in [0.25, 0.3) is 11.8 Å². The van der Waals surface area contributed by atoms with Crippen LogP contribution >= 0.6 is 0 Å². The minimum Gasteiger partial charge on any atom is -0.367 e. The Balaban J connectivity index is 1.45. The molecule has 0 radical (unpaired) electrons. The van der Waals surface area contributed by atoms with Gasteiger partial charge < -0.3 is 21.7 Å². The number of nitrogens with one attached hydrogen (secondary N) is 3. The molecule has 2 aromatic rings. The zero-order chi connectivity index (χ0) is 25.7. The number of likely N-dealkylation sites (tertiary alicyclic amines) is 1. The fourth-order valence-corrected chi connectivity index (χ4v) is 4.71. The number of aliphatic imine (C=N–C) groups is 1. The summed E-state index contributed by atoms with van der Waals surface area (Å²) in [5.41, 5.74) is 5.45. The molecule has 0 aliphatic carbocycles. The molecule has 10 heteroatoms. The van der Waals surface area contributed by atoms with E-state index in [4.69, 9.17) is 5.73 Å². The van der Waals surface area contributed by atoms with Crippen LogP contribution in [0.5, 0.6) is 0 Å². The highest BCUT2D eigenvalue weighted by molar-refractivity contribution is 6.04. The summed E-state index contributed by atoms with van der Waals surface area (Å²) >= 11 is 0. The van der Waals surface area contributed by atoms with E-state index in [1.807, 2.05) is 0 Å². The number of hydrogen-bond acceptors (Lipinski definition) is 6. The van der Waals surface area contributed by atoms with Gasteiger partial charge in [0, 0.05) is 23.8 Å². The zero-order valence-electron chi connectivity index (χ0n) is 20.2. The standard InChI is InChI=1S/C26H31FN6O3/c1-17(33-13-3-2-4-14-33)15-29-24(35)22-26(25(28)36,31-16-30-22)19-7-11-21(12-8-19)32-23(34)18-5-9-20(27)10-6-18/h5-12,16-17,22H,2-4,13-15H2,1H3,(H2,28,36)(H,29,35)(H,30,31)(H,32,34). The van der Waals surface area contributed by atoms with E-state index in [-0.39, 0.29) is 6.04 Å². The molecule has 0 aromatic heterocycles. The predicted molar refractivity (Wildman–Crippen MR) is 135 cm³/mol. The minimum atomic E-state index is -1.56. The van der Waals surface area contributed by atoms with Gasteiger partial charge in [-0.25, -0.2) is 4.39 Å². The number of amides is 3. The Morgan fingerprint density at radius 3 is 2.42 bits per heavy atom. The van der Waals surface area contributed by atoms with Crippen molar-refractivity contribution in [2.75, 3.05) is 25.0 Å². The third-order valence-electron chi connectivity index (χ3n) is 6.85. The van der Waals surface area contributed by atoms with E-state index in [9.17, 15) is 18.8 Å². The first-order valence-corrected chi connectivity index (χ1v) is 12.1. The predicted octanol–water partition coefficient (Wildman–Crippen LogP) is 1.75. The number of nitrogens with zero attached hydrogens (tertiary/aromatic N) is 2. The lowest BCUT2D eigenvalue weighted by Crippen LogP contribution is -2.60. The highest BCUT2D eigenvalue weighted by Gasteiger charge is 2.52. The van der Waals surface area contributed by atoms with Crippen LogP contribution in [0.3, 0.4) is 0 Å². The number of piperidine rings is 1. The van der Waals surface area contributed by atoms with Crippen LogP contribution in [0.4, 0.5) is 10.1 Å². The van der Waals surface area contributed by atoms with Gasteiger partial charge in [0.15, 0.2) is 11.6 Å².